The van der Waals surface area contributed by atoms with E-state index in [0.717, 1.165) is 43.5 Å². The summed E-state index contributed by atoms with van der Waals surface area (Å²) in [5.74, 6) is -5.86. The number of halogens is 4. The van der Waals surface area contributed by atoms with Crippen LogP contribution in [0.3, 0.4) is 0 Å². The molecule has 0 heterocycles. The van der Waals surface area contributed by atoms with Crippen molar-refractivity contribution in [3.63, 3.8) is 0 Å². The first-order valence-electron chi connectivity index (χ1n) is 11.6. The first-order valence-corrected chi connectivity index (χ1v) is 11.6. The van der Waals surface area contributed by atoms with E-state index in [1.54, 1.807) is 0 Å². The Labute approximate surface area is 192 Å². The molecule has 0 bridgehead atoms. The molecule has 0 N–H and O–H groups in total. The van der Waals surface area contributed by atoms with Crippen molar-refractivity contribution in [1.82, 2.24) is 4.90 Å². The number of benzene rings is 2. The van der Waals surface area contributed by atoms with Crippen molar-refractivity contribution in [2.45, 2.75) is 71.1 Å². The predicted molar refractivity (Wildman–Crippen MR) is 120 cm³/mol. The first-order chi connectivity index (χ1) is 15.8. The van der Waals surface area contributed by atoms with Gasteiger partial charge in [0.1, 0.15) is 23.3 Å². The SMILES string of the molecule is CCCCCCCCCCCCN(C(=O)c1cc(F)ccc1F)C(=O)c1cc(F)ccc1F. The highest BCUT2D eigenvalue weighted by Gasteiger charge is 2.28. The zero-order valence-electron chi connectivity index (χ0n) is 19.0. The molecule has 0 saturated carbocycles. The average Bonchev–Trinajstić information content (AvgIpc) is 2.80. The van der Waals surface area contributed by atoms with Gasteiger partial charge in [0.05, 0.1) is 11.1 Å². The van der Waals surface area contributed by atoms with Crippen molar-refractivity contribution in [1.29, 1.82) is 0 Å². The molecule has 0 spiro atoms. The smallest absolute Gasteiger partial charge is 0.263 e. The summed E-state index contributed by atoms with van der Waals surface area (Å²) in [5.41, 5.74) is -1.26. The van der Waals surface area contributed by atoms with Crippen LogP contribution in [0.25, 0.3) is 0 Å². The number of carbonyl (C=O) groups is 2. The third kappa shape index (κ3) is 8.30. The Morgan fingerprint density at radius 3 is 1.45 bits per heavy atom. The molecular weight excluding hydrogens is 434 g/mol. The zero-order valence-corrected chi connectivity index (χ0v) is 19.0. The standard InChI is InChI=1S/C26H31F4NO2/c1-2-3-4-5-6-7-8-9-10-11-16-31(25(32)21-17-19(27)12-14-23(21)29)26(33)22-18-20(28)13-15-24(22)30/h12-15,17-18H,2-11,16H2,1H3. The van der Waals surface area contributed by atoms with Gasteiger partial charge in [0, 0.05) is 6.54 Å². The Hall–Kier alpha value is -2.70. The van der Waals surface area contributed by atoms with Crippen LogP contribution in [0.5, 0.6) is 0 Å². The minimum absolute atomic E-state index is 0.111. The van der Waals surface area contributed by atoms with Crippen LogP contribution < -0.4 is 0 Å². The van der Waals surface area contributed by atoms with Gasteiger partial charge in [-0.25, -0.2) is 17.6 Å². The number of hydrogen-bond acceptors (Lipinski definition) is 2. The highest BCUT2D eigenvalue weighted by Crippen LogP contribution is 2.19. The summed E-state index contributed by atoms with van der Waals surface area (Å²) in [6.07, 6.45) is 10.2. The lowest BCUT2D eigenvalue weighted by molar-refractivity contribution is 0.0607. The molecule has 0 aromatic heterocycles. The Kier molecular flexibility index (Phi) is 11.1. The first kappa shape index (κ1) is 26.6. The van der Waals surface area contributed by atoms with Gasteiger partial charge in [0.25, 0.3) is 11.8 Å². The molecule has 0 saturated heterocycles. The van der Waals surface area contributed by atoms with Gasteiger partial charge in [-0.2, -0.15) is 0 Å². The number of rotatable bonds is 13. The van der Waals surface area contributed by atoms with E-state index in [-0.39, 0.29) is 6.54 Å². The molecule has 7 heteroatoms. The number of nitrogens with zero attached hydrogens (tertiary/aromatic N) is 1. The van der Waals surface area contributed by atoms with E-state index < -0.39 is 46.2 Å². The lowest BCUT2D eigenvalue weighted by Crippen LogP contribution is -2.38. The fourth-order valence-electron chi connectivity index (χ4n) is 3.67. The second-order valence-electron chi connectivity index (χ2n) is 8.19. The van der Waals surface area contributed by atoms with Crippen LogP contribution in [0.1, 0.15) is 91.8 Å². The summed E-state index contributed by atoms with van der Waals surface area (Å²) in [4.78, 5) is 26.5. The maximum absolute atomic E-state index is 14.2. The normalized spacial score (nSPS) is 10.9. The summed E-state index contributed by atoms with van der Waals surface area (Å²) in [6, 6.07) is 4.67. The molecule has 2 amide bonds. The summed E-state index contributed by atoms with van der Waals surface area (Å²) in [7, 11) is 0. The third-order valence-corrected chi connectivity index (χ3v) is 5.54. The Bertz CT molecular complexity index is 869. The van der Waals surface area contributed by atoms with E-state index >= 15 is 0 Å². The van der Waals surface area contributed by atoms with Crippen LogP contribution in [-0.2, 0) is 0 Å². The molecule has 3 nitrogen and oxygen atoms in total. The molecule has 0 aliphatic heterocycles. The van der Waals surface area contributed by atoms with Crippen molar-refractivity contribution in [2.75, 3.05) is 6.54 Å². The largest absolute Gasteiger partial charge is 0.274 e. The zero-order chi connectivity index (χ0) is 24.2. The van der Waals surface area contributed by atoms with Crippen LogP contribution in [0.15, 0.2) is 36.4 Å². The lowest BCUT2D eigenvalue weighted by Gasteiger charge is -2.22. The van der Waals surface area contributed by atoms with E-state index in [4.69, 9.17) is 0 Å². The number of amides is 2. The van der Waals surface area contributed by atoms with Gasteiger partial charge >= 0.3 is 0 Å². The molecule has 2 aromatic carbocycles. The number of hydrogen-bond donors (Lipinski definition) is 0. The van der Waals surface area contributed by atoms with Gasteiger partial charge in [-0.15, -0.1) is 0 Å². The van der Waals surface area contributed by atoms with Crippen LogP contribution in [0.2, 0.25) is 0 Å². The topological polar surface area (TPSA) is 37.4 Å². The molecule has 33 heavy (non-hydrogen) atoms. The van der Waals surface area contributed by atoms with Crippen molar-refractivity contribution in [3.8, 4) is 0 Å². The van der Waals surface area contributed by atoms with Crippen molar-refractivity contribution >= 4 is 11.8 Å². The minimum atomic E-state index is -1.09. The van der Waals surface area contributed by atoms with Crippen molar-refractivity contribution in [2.24, 2.45) is 0 Å². The molecule has 0 atom stereocenters. The second-order valence-corrected chi connectivity index (χ2v) is 8.19. The predicted octanol–water partition coefficient (Wildman–Crippen LogP) is 7.45. The van der Waals surface area contributed by atoms with E-state index in [2.05, 4.69) is 6.92 Å². The second kappa shape index (κ2) is 13.8. The fourth-order valence-corrected chi connectivity index (χ4v) is 3.67. The fraction of sp³-hybridized carbons (Fsp3) is 0.462. The summed E-state index contributed by atoms with van der Waals surface area (Å²) in [6.45, 7) is 2.06. The molecule has 180 valence electrons. The molecule has 0 aliphatic rings. The lowest BCUT2D eigenvalue weighted by atomic mass is 10.1. The summed E-state index contributed by atoms with van der Waals surface area (Å²) < 4.78 is 55.5. The third-order valence-electron chi connectivity index (χ3n) is 5.54. The quantitative estimate of drug-likeness (QED) is 0.175. The van der Waals surface area contributed by atoms with E-state index in [1.807, 2.05) is 0 Å². The molecule has 0 aliphatic carbocycles. The van der Waals surface area contributed by atoms with E-state index in [1.165, 1.54) is 32.1 Å². The number of imide groups is 1. The van der Waals surface area contributed by atoms with Gasteiger partial charge < -0.3 is 0 Å². The van der Waals surface area contributed by atoms with Crippen molar-refractivity contribution in [3.05, 3.63) is 70.8 Å². The number of unbranched alkanes of at least 4 members (excludes halogenated alkanes) is 9. The van der Waals surface area contributed by atoms with Gasteiger partial charge in [-0.1, -0.05) is 64.7 Å². The maximum atomic E-state index is 14.2. The molecule has 0 fully saturated rings. The van der Waals surface area contributed by atoms with Gasteiger partial charge in [0.15, 0.2) is 0 Å². The van der Waals surface area contributed by atoms with E-state index in [0.29, 0.717) is 29.9 Å². The van der Waals surface area contributed by atoms with Gasteiger partial charge in [-0.3, -0.25) is 14.5 Å². The molecule has 0 unspecified atom stereocenters. The molecule has 2 rings (SSSR count). The van der Waals surface area contributed by atoms with Crippen LogP contribution in [0, 0.1) is 23.3 Å². The highest BCUT2D eigenvalue weighted by atomic mass is 19.1. The average molecular weight is 466 g/mol. The van der Waals surface area contributed by atoms with E-state index in [9.17, 15) is 27.2 Å². The Balaban J connectivity index is 2.04. The van der Waals surface area contributed by atoms with Gasteiger partial charge in [-0.05, 0) is 42.8 Å². The highest BCUT2D eigenvalue weighted by molar-refractivity contribution is 6.10. The van der Waals surface area contributed by atoms with Crippen LogP contribution >= 0.6 is 0 Å². The van der Waals surface area contributed by atoms with Crippen molar-refractivity contribution < 1.29 is 27.2 Å². The number of carbonyl (C=O) groups excluding carboxylic acids is 2. The van der Waals surface area contributed by atoms with Gasteiger partial charge in [0.2, 0.25) is 0 Å². The van der Waals surface area contributed by atoms with Crippen LogP contribution in [-0.4, -0.2) is 23.3 Å². The maximum Gasteiger partial charge on any atom is 0.263 e. The Morgan fingerprint density at radius 1 is 0.636 bits per heavy atom. The molecular formula is C26H31F4NO2. The Morgan fingerprint density at radius 2 is 1.03 bits per heavy atom. The summed E-state index contributed by atoms with van der Waals surface area (Å²) >= 11 is 0. The summed E-state index contributed by atoms with van der Waals surface area (Å²) in [5, 5.41) is 0. The molecule has 0 radical (unpaired) electrons. The monoisotopic (exact) mass is 465 g/mol. The minimum Gasteiger partial charge on any atom is -0.274 e. The molecule has 2 aromatic rings. The van der Waals surface area contributed by atoms with Crippen LogP contribution in [0.4, 0.5) is 17.6 Å².